The molecule has 0 bridgehead atoms. The molecule has 1 aromatic carbocycles. The number of carbonyl (C=O) groups excluding carboxylic acids is 1. The van der Waals surface area contributed by atoms with Crippen molar-refractivity contribution in [3.63, 3.8) is 0 Å². The first-order valence-electron chi connectivity index (χ1n) is 5.94. The van der Waals surface area contributed by atoms with Crippen molar-refractivity contribution in [3.05, 3.63) is 57.8 Å². The molecule has 0 unspecified atom stereocenters. The fourth-order valence-corrected chi connectivity index (χ4v) is 2.84. The van der Waals surface area contributed by atoms with E-state index in [-0.39, 0.29) is 11.1 Å². The highest BCUT2D eigenvalue weighted by Crippen LogP contribution is 2.18. The van der Waals surface area contributed by atoms with Crippen LogP contribution in [0.15, 0.2) is 52.0 Å². The van der Waals surface area contributed by atoms with Crippen LogP contribution in [0.4, 0.5) is 0 Å². The zero-order chi connectivity index (χ0) is 14.4. The predicted octanol–water partition coefficient (Wildman–Crippen LogP) is 4.02. The Balaban J connectivity index is 1.82. The Morgan fingerprint density at radius 3 is 2.85 bits per heavy atom. The SMILES string of the molecule is O=C(NCCSc1ccccc1)c1cc(Br)cnc1Cl. The van der Waals surface area contributed by atoms with E-state index in [9.17, 15) is 4.79 Å². The molecule has 1 heterocycles. The minimum atomic E-state index is -0.211. The summed E-state index contributed by atoms with van der Waals surface area (Å²) in [6, 6.07) is 11.7. The van der Waals surface area contributed by atoms with Crippen molar-refractivity contribution in [2.24, 2.45) is 0 Å². The number of carbonyl (C=O) groups is 1. The normalized spacial score (nSPS) is 10.3. The third-order valence-corrected chi connectivity index (χ3v) is 4.20. The molecule has 0 aliphatic heterocycles. The summed E-state index contributed by atoms with van der Waals surface area (Å²) in [5.74, 6) is 0.590. The first-order valence-corrected chi connectivity index (χ1v) is 8.09. The summed E-state index contributed by atoms with van der Waals surface area (Å²) in [5.41, 5.74) is 0.380. The zero-order valence-corrected chi connectivity index (χ0v) is 13.6. The smallest absolute Gasteiger partial charge is 0.254 e. The minimum absolute atomic E-state index is 0.210. The van der Waals surface area contributed by atoms with Gasteiger partial charge in [0.2, 0.25) is 0 Å². The molecule has 3 nitrogen and oxygen atoms in total. The van der Waals surface area contributed by atoms with Crippen LogP contribution in [-0.2, 0) is 0 Å². The molecular formula is C14H12BrClN2OS. The second kappa shape index (κ2) is 7.67. The van der Waals surface area contributed by atoms with E-state index in [1.165, 1.54) is 4.90 Å². The number of pyridine rings is 1. The summed E-state index contributed by atoms with van der Waals surface area (Å²) in [6.07, 6.45) is 1.56. The van der Waals surface area contributed by atoms with E-state index in [2.05, 4.69) is 26.2 Å². The minimum Gasteiger partial charge on any atom is -0.351 e. The monoisotopic (exact) mass is 370 g/mol. The highest BCUT2D eigenvalue weighted by molar-refractivity contribution is 9.10. The van der Waals surface area contributed by atoms with Gasteiger partial charge in [0.25, 0.3) is 5.91 Å². The molecule has 0 saturated heterocycles. The standard InChI is InChI=1S/C14H12BrClN2OS/c15-10-8-12(13(16)18-9-10)14(19)17-6-7-20-11-4-2-1-3-5-11/h1-5,8-9H,6-7H2,(H,17,19). The topological polar surface area (TPSA) is 42.0 Å². The second-order valence-corrected chi connectivity index (χ2v) is 6.35. The molecule has 0 fully saturated rings. The van der Waals surface area contributed by atoms with Gasteiger partial charge in [0.1, 0.15) is 5.15 Å². The number of thioether (sulfide) groups is 1. The van der Waals surface area contributed by atoms with E-state index in [0.717, 1.165) is 10.2 Å². The first kappa shape index (κ1) is 15.4. The van der Waals surface area contributed by atoms with Gasteiger partial charge in [-0.15, -0.1) is 11.8 Å². The van der Waals surface area contributed by atoms with Gasteiger partial charge in [-0.1, -0.05) is 29.8 Å². The molecule has 6 heteroatoms. The Hall–Kier alpha value is -1.04. The summed E-state index contributed by atoms with van der Waals surface area (Å²) in [4.78, 5) is 17.1. The Bertz CT molecular complexity index is 595. The Kier molecular flexibility index (Phi) is 5.88. The van der Waals surface area contributed by atoms with Gasteiger partial charge in [-0.2, -0.15) is 0 Å². The van der Waals surface area contributed by atoms with Gasteiger partial charge in [0.15, 0.2) is 0 Å². The summed E-state index contributed by atoms with van der Waals surface area (Å²) >= 11 is 10.9. The maximum absolute atomic E-state index is 12.0. The molecule has 0 atom stereocenters. The molecule has 2 aromatic rings. The van der Waals surface area contributed by atoms with Crippen LogP contribution in [0, 0.1) is 0 Å². The lowest BCUT2D eigenvalue weighted by molar-refractivity contribution is 0.0956. The fraction of sp³-hybridized carbons (Fsp3) is 0.143. The van der Waals surface area contributed by atoms with Crippen LogP contribution in [0.25, 0.3) is 0 Å². The third kappa shape index (κ3) is 4.51. The molecule has 0 saturated carbocycles. The number of hydrogen-bond acceptors (Lipinski definition) is 3. The molecule has 1 N–H and O–H groups in total. The van der Waals surface area contributed by atoms with Crippen LogP contribution in [0.1, 0.15) is 10.4 Å². The average molecular weight is 372 g/mol. The maximum atomic E-state index is 12.0. The van der Waals surface area contributed by atoms with E-state index in [1.54, 1.807) is 24.0 Å². The number of nitrogens with zero attached hydrogens (tertiary/aromatic N) is 1. The van der Waals surface area contributed by atoms with Crippen LogP contribution >= 0.6 is 39.3 Å². The summed E-state index contributed by atoms with van der Waals surface area (Å²) in [7, 11) is 0. The number of amides is 1. The average Bonchev–Trinajstić information content (AvgIpc) is 2.47. The van der Waals surface area contributed by atoms with Crippen molar-refractivity contribution in [2.75, 3.05) is 12.3 Å². The summed E-state index contributed by atoms with van der Waals surface area (Å²) in [6.45, 7) is 0.571. The molecule has 0 radical (unpaired) electrons. The van der Waals surface area contributed by atoms with E-state index in [0.29, 0.717) is 12.1 Å². The van der Waals surface area contributed by atoms with E-state index < -0.39 is 0 Å². The molecule has 0 spiro atoms. The maximum Gasteiger partial charge on any atom is 0.254 e. The van der Waals surface area contributed by atoms with Crippen molar-refractivity contribution in [1.82, 2.24) is 10.3 Å². The number of rotatable bonds is 5. The third-order valence-electron chi connectivity index (χ3n) is 2.45. The summed E-state index contributed by atoms with van der Waals surface area (Å²) in [5, 5.41) is 3.04. The van der Waals surface area contributed by atoms with Crippen molar-refractivity contribution < 1.29 is 4.79 Å². The molecule has 1 aromatic heterocycles. The van der Waals surface area contributed by atoms with Gasteiger partial charge in [-0.05, 0) is 34.1 Å². The van der Waals surface area contributed by atoms with Crippen LogP contribution in [0.2, 0.25) is 5.15 Å². The van der Waals surface area contributed by atoms with Crippen molar-refractivity contribution >= 4 is 45.2 Å². The quantitative estimate of drug-likeness (QED) is 0.490. The van der Waals surface area contributed by atoms with Gasteiger partial charge in [0.05, 0.1) is 5.56 Å². The van der Waals surface area contributed by atoms with Gasteiger partial charge in [-0.25, -0.2) is 4.98 Å². The summed E-state index contributed by atoms with van der Waals surface area (Å²) < 4.78 is 0.728. The van der Waals surface area contributed by atoms with Crippen molar-refractivity contribution in [3.8, 4) is 0 Å². The Labute approximate surface area is 135 Å². The highest BCUT2D eigenvalue weighted by atomic mass is 79.9. The molecule has 0 aliphatic carbocycles. The number of aromatic nitrogens is 1. The van der Waals surface area contributed by atoms with E-state index >= 15 is 0 Å². The molecule has 2 rings (SSSR count). The lowest BCUT2D eigenvalue weighted by atomic mass is 10.3. The van der Waals surface area contributed by atoms with Crippen LogP contribution < -0.4 is 5.32 Å². The van der Waals surface area contributed by atoms with Crippen LogP contribution in [-0.4, -0.2) is 23.2 Å². The van der Waals surface area contributed by atoms with Crippen LogP contribution in [0.3, 0.4) is 0 Å². The number of benzene rings is 1. The van der Waals surface area contributed by atoms with Gasteiger partial charge in [0, 0.05) is 27.9 Å². The highest BCUT2D eigenvalue weighted by Gasteiger charge is 2.11. The Morgan fingerprint density at radius 1 is 1.35 bits per heavy atom. The van der Waals surface area contributed by atoms with Crippen LogP contribution in [0.5, 0.6) is 0 Å². The number of hydrogen-bond donors (Lipinski definition) is 1. The molecular weight excluding hydrogens is 360 g/mol. The second-order valence-electron chi connectivity index (χ2n) is 3.91. The predicted molar refractivity (Wildman–Crippen MR) is 86.4 cm³/mol. The zero-order valence-electron chi connectivity index (χ0n) is 10.5. The van der Waals surface area contributed by atoms with Gasteiger partial charge in [-0.3, -0.25) is 4.79 Å². The molecule has 0 aliphatic rings. The largest absolute Gasteiger partial charge is 0.351 e. The lowest BCUT2D eigenvalue weighted by Gasteiger charge is -2.06. The molecule has 104 valence electrons. The lowest BCUT2D eigenvalue weighted by Crippen LogP contribution is -2.26. The Morgan fingerprint density at radius 2 is 2.10 bits per heavy atom. The number of halogens is 2. The van der Waals surface area contributed by atoms with Crippen molar-refractivity contribution in [2.45, 2.75) is 4.90 Å². The van der Waals surface area contributed by atoms with Gasteiger partial charge < -0.3 is 5.32 Å². The van der Waals surface area contributed by atoms with E-state index in [4.69, 9.17) is 11.6 Å². The first-order chi connectivity index (χ1) is 9.66. The van der Waals surface area contributed by atoms with E-state index in [1.807, 2.05) is 30.3 Å². The number of nitrogens with one attached hydrogen (secondary N) is 1. The fourth-order valence-electron chi connectivity index (χ4n) is 1.53. The molecule has 20 heavy (non-hydrogen) atoms. The molecule has 1 amide bonds. The van der Waals surface area contributed by atoms with Gasteiger partial charge >= 0.3 is 0 Å². The van der Waals surface area contributed by atoms with Crippen molar-refractivity contribution in [1.29, 1.82) is 0 Å².